The lowest BCUT2D eigenvalue weighted by Crippen LogP contribution is -2.43. The molecule has 2 aliphatic rings. The van der Waals surface area contributed by atoms with Gasteiger partial charge in [0.25, 0.3) is 0 Å². The fourth-order valence-corrected chi connectivity index (χ4v) is 4.30. The van der Waals surface area contributed by atoms with E-state index in [9.17, 15) is 9.59 Å². The third kappa shape index (κ3) is 5.06. The van der Waals surface area contributed by atoms with Crippen molar-refractivity contribution in [2.45, 2.75) is 57.4 Å². The summed E-state index contributed by atoms with van der Waals surface area (Å²) in [5.74, 6) is 2.61. The van der Waals surface area contributed by atoms with Crippen LogP contribution in [-0.4, -0.2) is 64.5 Å². The fourth-order valence-electron chi connectivity index (χ4n) is 4.30. The van der Waals surface area contributed by atoms with Crippen LogP contribution >= 0.6 is 0 Å². The number of carbonyl (C=O) groups is 2. The van der Waals surface area contributed by atoms with Crippen LogP contribution in [0.5, 0.6) is 5.75 Å². The van der Waals surface area contributed by atoms with Crippen molar-refractivity contribution in [3.8, 4) is 5.75 Å². The molecule has 1 aliphatic carbocycles. The molecule has 1 aromatic heterocycles. The smallest absolute Gasteiger partial charge is 0.229 e. The Balaban J connectivity index is 1.31. The van der Waals surface area contributed by atoms with Crippen LogP contribution in [-0.2, 0) is 22.4 Å². The van der Waals surface area contributed by atoms with Gasteiger partial charge in [0.15, 0.2) is 5.82 Å². The number of aromatic nitrogens is 2. The first kappa shape index (κ1) is 21.3. The van der Waals surface area contributed by atoms with Crippen LogP contribution in [0.2, 0.25) is 0 Å². The van der Waals surface area contributed by atoms with Crippen molar-refractivity contribution in [1.29, 1.82) is 0 Å². The number of nitrogens with zero attached hydrogens (tertiary/aromatic N) is 4. The van der Waals surface area contributed by atoms with Gasteiger partial charge in [-0.3, -0.25) is 9.59 Å². The molecule has 1 aromatic carbocycles. The molecule has 4 rings (SSSR count). The maximum Gasteiger partial charge on any atom is 0.229 e. The molecule has 2 aromatic rings. The number of ether oxygens (including phenoxy) is 1. The SMILES string of the molecule is COc1cccc(CC(=O)N2CCC(N(CCc3noc(C4CCC4)n3)C(C)=O)C2)c1. The van der Waals surface area contributed by atoms with Crippen LogP contribution in [0.15, 0.2) is 28.8 Å². The minimum Gasteiger partial charge on any atom is -0.497 e. The van der Waals surface area contributed by atoms with E-state index >= 15 is 0 Å². The first-order valence-electron chi connectivity index (χ1n) is 11.0. The maximum absolute atomic E-state index is 12.8. The van der Waals surface area contributed by atoms with E-state index < -0.39 is 0 Å². The molecule has 0 N–H and O–H groups in total. The van der Waals surface area contributed by atoms with Gasteiger partial charge in [-0.2, -0.15) is 4.98 Å². The minimum atomic E-state index is 0.00908. The highest BCUT2D eigenvalue weighted by Gasteiger charge is 2.32. The number of hydrogen-bond acceptors (Lipinski definition) is 6. The van der Waals surface area contributed by atoms with E-state index in [1.165, 1.54) is 6.42 Å². The zero-order valence-electron chi connectivity index (χ0n) is 18.2. The number of methoxy groups -OCH3 is 1. The zero-order chi connectivity index (χ0) is 21.8. The van der Waals surface area contributed by atoms with E-state index in [-0.39, 0.29) is 17.9 Å². The second kappa shape index (κ2) is 9.49. The zero-order valence-corrected chi connectivity index (χ0v) is 18.2. The lowest BCUT2D eigenvalue weighted by molar-refractivity contribution is -0.133. The molecule has 0 radical (unpaired) electrons. The van der Waals surface area contributed by atoms with Crippen molar-refractivity contribution in [3.05, 3.63) is 41.5 Å². The summed E-state index contributed by atoms with van der Waals surface area (Å²) in [5, 5.41) is 4.08. The summed E-state index contributed by atoms with van der Waals surface area (Å²) >= 11 is 0. The number of hydrogen-bond donors (Lipinski definition) is 0. The van der Waals surface area contributed by atoms with E-state index in [1.54, 1.807) is 14.0 Å². The molecule has 2 amide bonds. The lowest BCUT2D eigenvalue weighted by atomic mass is 9.85. The Morgan fingerprint density at radius 2 is 2.13 bits per heavy atom. The normalized spacial score (nSPS) is 18.6. The molecule has 1 saturated carbocycles. The van der Waals surface area contributed by atoms with Gasteiger partial charge in [-0.05, 0) is 37.0 Å². The van der Waals surface area contributed by atoms with Crippen molar-refractivity contribution in [3.63, 3.8) is 0 Å². The predicted octanol–water partition coefficient (Wildman–Crippen LogP) is 2.58. The molecular formula is C23H30N4O4. The van der Waals surface area contributed by atoms with Gasteiger partial charge in [0.1, 0.15) is 5.75 Å². The molecule has 2 heterocycles. The Bertz CT molecular complexity index is 924. The Morgan fingerprint density at radius 1 is 1.29 bits per heavy atom. The number of carbonyl (C=O) groups excluding carboxylic acids is 2. The van der Waals surface area contributed by atoms with Gasteiger partial charge < -0.3 is 19.1 Å². The molecule has 31 heavy (non-hydrogen) atoms. The highest BCUT2D eigenvalue weighted by Crippen LogP contribution is 2.35. The Morgan fingerprint density at radius 3 is 2.84 bits per heavy atom. The van der Waals surface area contributed by atoms with Crippen molar-refractivity contribution in [2.24, 2.45) is 0 Å². The van der Waals surface area contributed by atoms with Crippen LogP contribution in [0.4, 0.5) is 0 Å². The summed E-state index contributed by atoms with van der Waals surface area (Å²) in [6.07, 6.45) is 5.12. The molecule has 1 atom stereocenters. The summed E-state index contributed by atoms with van der Waals surface area (Å²) in [4.78, 5) is 33.3. The molecule has 1 aliphatic heterocycles. The second-order valence-corrected chi connectivity index (χ2v) is 8.45. The summed E-state index contributed by atoms with van der Waals surface area (Å²) in [6, 6.07) is 7.59. The Hall–Kier alpha value is -2.90. The van der Waals surface area contributed by atoms with Gasteiger partial charge in [0.05, 0.1) is 19.6 Å². The fraction of sp³-hybridized carbons (Fsp3) is 0.565. The van der Waals surface area contributed by atoms with Gasteiger partial charge >= 0.3 is 0 Å². The molecule has 166 valence electrons. The summed E-state index contributed by atoms with van der Waals surface area (Å²) < 4.78 is 10.6. The average Bonchev–Trinajstić information content (AvgIpc) is 3.37. The maximum atomic E-state index is 12.8. The first-order chi connectivity index (χ1) is 15.0. The molecule has 1 saturated heterocycles. The predicted molar refractivity (Wildman–Crippen MR) is 114 cm³/mol. The minimum absolute atomic E-state index is 0.00908. The molecule has 8 nitrogen and oxygen atoms in total. The van der Waals surface area contributed by atoms with E-state index in [0.29, 0.717) is 44.2 Å². The number of rotatable bonds is 8. The van der Waals surface area contributed by atoms with Crippen molar-refractivity contribution < 1.29 is 18.8 Å². The van der Waals surface area contributed by atoms with Crippen LogP contribution in [0.25, 0.3) is 0 Å². The van der Waals surface area contributed by atoms with Crippen LogP contribution < -0.4 is 4.74 Å². The van der Waals surface area contributed by atoms with Crippen molar-refractivity contribution in [2.75, 3.05) is 26.7 Å². The molecule has 0 spiro atoms. The van der Waals surface area contributed by atoms with Crippen LogP contribution in [0.3, 0.4) is 0 Å². The van der Waals surface area contributed by atoms with E-state index in [2.05, 4.69) is 10.1 Å². The third-order valence-electron chi connectivity index (χ3n) is 6.37. The summed E-state index contributed by atoms with van der Waals surface area (Å²) in [7, 11) is 1.62. The van der Waals surface area contributed by atoms with Gasteiger partial charge in [-0.15, -0.1) is 0 Å². The van der Waals surface area contributed by atoms with Crippen molar-refractivity contribution >= 4 is 11.8 Å². The number of benzene rings is 1. The lowest BCUT2D eigenvalue weighted by Gasteiger charge is -2.27. The summed E-state index contributed by atoms with van der Waals surface area (Å²) in [5.41, 5.74) is 0.926. The second-order valence-electron chi connectivity index (χ2n) is 8.45. The topological polar surface area (TPSA) is 88.8 Å². The highest BCUT2D eigenvalue weighted by molar-refractivity contribution is 5.79. The largest absolute Gasteiger partial charge is 0.497 e. The van der Waals surface area contributed by atoms with Crippen molar-refractivity contribution in [1.82, 2.24) is 19.9 Å². The summed E-state index contributed by atoms with van der Waals surface area (Å²) in [6.45, 7) is 3.32. The standard InChI is InChI=1S/C23H30N4O4/c1-16(28)27(12-10-21-24-23(31-25-21)18-6-4-7-18)19-9-11-26(15-19)22(29)14-17-5-3-8-20(13-17)30-2/h3,5,8,13,18-19H,4,6-7,9-12,14-15H2,1-2H3. The molecule has 2 fully saturated rings. The quantitative estimate of drug-likeness (QED) is 0.645. The molecule has 8 heteroatoms. The monoisotopic (exact) mass is 426 g/mol. The molecule has 1 unspecified atom stereocenters. The van der Waals surface area contributed by atoms with Gasteiger partial charge in [0, 0.05) is 38.9 Å². The van der Waals surface area contributed by atoms with Crippen LogP contribution in [0.1, 0.15) is 55.8 Å². The van der Waals surface area contributed by atoms with Gasteiger partial charge in [-0.25, -0.2) is 0 Å². The third-order valence-corrected chi connectivity index (χ3v) is 6.37. The highest BCUT2D eigenvalue weighted by atomic mass is 16.5. The molecular weight excluding hydrogens is 396 g/mol. The number of amides is 2. The van der Waals surface area contributed by atoms with E-state index in [0.717, 1.165) is 36.5 Å². The Labute approximate surface area is 182 Å². The van der Waals surface area contributed by atoms with E-state index in [1.807, 2.05) is 34.1 Å². The molecule has 0 bridgehead atoms. The number of likely N-dealkylation sites (tertiary alicyclic amines) is 1. The van der Waals surface area contributed by atoms with Gasteiger partial charge in [0.2, 0.25) is 17.7 Å². The Kier molecular flexibility index (Phi) is 6.53. The van der Waals surface area contributed by atoms with Gasteiger partial charge in [-0.1, -0.05) is 23.7 Å². The van der Waals surface area contributed by atoms with E-state index in [4.69, 9.17) is 9.26 Å². The first-order valence-corrected chi connectivity index (χ1v) is 11.0. The van der Waals surface area contributed by atoms with Crippen LogP contribution in [0, 0.1) is 0 Å². The average molecular weight is 427 g/mol.